The van der Waals surface area contributed by atoms with E-state index in [1.807, 2.05) is 0 Å². The van der Waals surface area contributed by atoms with Gasteiger partial charge >= 0.3 is 0 Å². The number of halogens is 1. The Morgan fingerprint density at radius 2 is 1.92 bits per heavy atom. The van der Waals surface area contributed by atoms with Crippen LogP contribution in [0.4, 0.5) is 4.39 Å². The van der Waals surface area contributed by atoms with E-state index in [1.165, 1.54) is 12.1 Å². The van der Waals surface area contributed by atoms with Gasteiger partial charge in [-0.25, -0.2) is 4.39 Å². The Kier molecular flexibility index (Phi) is 3.00. The van der Waals surface area contributed by atoms with Gasteiger partial charge in [0.05, 0.1) is 6.10 Å². The van der Waals surface area contributed by atoms with E-state index in [0.717, 1.165) is 5.56 Å². The van der Waals surface area contributed by atoms with Crippen LogP contribution in [0.2, 0.25) is 0 Å². The molecule has 1 atom stereocenters. The molecule has 0 fully saturated rings. The van der Waals surface area contributed by atoms with Crippen molar-refractivity contribution >= 4 is 6.08 Å². The van der Waals surface area contributed by atoms with E-state index in [9.17, 15) is 4.39 Å². The number of aliphatic hydroxyl groups is 1. The van der Waals surface area contributed by atoms with Crippen LogP contribution in [0.5, 0.6) is 0 Å². The van der Waals surface area contributed by atoms with Gasteiger partial charge in [0.15, 0.2) is 0 Å². The predicted molar refractivity (Wildman–Crippen MR) is 47.1 cm³/mol. The third-order valence-electron chi connectivity index (χ3n) is 1.44. The molecule has 0 saturated heterocycles. The van der Waals surface area contributed by atoms with Gasteiger partial charge in [-0.2, -0.15) is 0 Å². The molecule has 0 aliphatic carbocycles. The van der Waals surface area contributed by atoms with Gasteiger partial charge in [-0.15, -0.1) is 0 Å². The molecule has 0 aliphatic rings. The molecule has 0 bridgehead atoms. The van der Waals surface area contributed by atoms with Crippen molar-refractivity contribution in [3.8, 4) is 0 Å². The molecule has 0 aliphatic heterocycles. The van der Waals surface area contributed by atoms with E-state index in [-0.39, 0.29) is 5.82 Å². The predicted octanol–water partition coefficient (Wildman–Crippen LogP) is 2.22. The monoisotopic (exact) mass is 166 g/mol. The van der Waals surface area contributed by atoms with E-state index in [1.54, 1.807) is 31.2 Å². The van der Waals surface area contributed by atoms with Crippen molar-refractivity contribution in [2.45, 2.75) is 13.0 Å². The Labute approximate surface area is 71.2 Å². The summed E-state index contributed by atoms with van der Waals surface area (Å²) in [6, 6.07) is 6.10. The summed E-state index contributed by atoms with van der Waals surface area (Å²) in [5.41, 5.74) is 0.886. The lowest BCUT2D eigenvalue weighted by atomic mass is 10.2. The molecule has 0 aromatic heterocycles. The summed E-state index contributed by atoms with van der Waals surface area (Å²) in [4.78, 5) is 0. The van der Waals surface area contributed by atoms with Crippen LogP contribution in [0.25, 0.3) is 6.08 Å². The van der Waals surface area contributed by atoms with Crippen LogP contribution < -0.4 is 0 Å². The molecule has 1 aromatic rings. The molecule has 0 amide bonds. The molecule has 0 unspecified atom stereocenters. The SMILES string of the molecule is C[C@@H](O)/C=C/c1ccc(F)cc1. The minimum Gasteiger partial charge on any atom is -0.389 e. The first-order valence-corrected chi connectivity index (χ1v) is 3.80. The fraction of sp³-hybridized carbons (Fsp3) is 0.200. The second-order valence-corrected chi connectivity index (χ2v) is 2.65. The van der Waals surface area contributed by atoms with Gasteiger partial charge in [0, 0.05) is 0 Å². The lowest BCUT2D eigenvalue weighted by Gasteiger charge is -1.94. The topological polar surface area (TPSA) is 20.2 Å². The maximum atomic E-state index is 12.4. The maximum Gasteiger partial charge on any atom is 0.123 e. The summed E-state index contributed by atoms with van der Waals surface area (Å²) in [6.45, 7) is 1.67. The second-order valence-electron chi connectivity index (χ2n) is 2.65. The molecule has 2 heteroatoms. The molecule has 0 spiro atoms. The van der Waals surface area contributed by atoms with Crippen molar-refractivity contribution in [1.29, 1.82) is 0 Å². The number of rotatable bonds is 2. The minimum absolute atomic E-state index is 0.246. The third-order valence-corrected chi connectivity index (χ3v) is 1.44. The summed E-state index contributed by atoms with van der Waals surface area (Å²) < 4.78 is 12.4. The smallest absolute Gasteiger partial charge is 0.123 e. The van der Waals surface area contributed by atoms with E-state index in [0.29, 0.717) is 0 Å². The lowest BCUT2D eigenvalue weighted by Crippen LogP contribution is -1.91. The van der Waals surface area contributed by atoms with Crippen LogP contribution in [-0.4, -0.2) is 11.2 Å². The highest BCUT2D eigenvalue weighted by Gasteiger charge is 1.89. The van der Waals surface area contributed by atoms with Gasteiger partial charge in [0.1, 0.15) is 5.82 Å². The fourth-order valence-electron chi connectivity index (χ4n) is 0.824. The van der Waals surface area contributed by atoms with Crippen LogP contribution >= 0.6 is 0 Å². The number of hydrogen-bond donors (Lipinski definition) is 1. The van der Waals surface area contributed by atoms with Crippen molar-refractivity contribution in [2.24, 2.45) is 0 Å². The molecular weight excluding hydrogens is 155 g/mol. The number of benzene rings is 1. The lowest BCUT2D eigenvalue weighted by molar-refractivity contribution is 0.245. The van der Waals surface area contributed by atoms with E-state index < -0.39 is 6.10 Å². The van der Waals surface area contributed by atoms with Gasteiger partial charge < -0.3 is 5.11 Å². The zero-order chi connectivity index (χ0) is 8.97. The summed E-state index contributed by atoms with van der Waals surface area (Å²) >= 11 is 0. The van der Waals surface area contributed by atoms with Crippen LogP contribution in [0, 0.1) is 5.82 Å². The molecule has 0 radical (unpaired) electrons. The van der Waals surface area contributed by atoms with Crippen molar-refractivity contribution in [1.82, 2.24) is 0 Å². The van der Waals surface area contributed by atoms with Crippen LogP contribution in [0.15, 0.2) is 30.3 Å². The normalized spacial score (nSPS) is 13.6. The minimum atomic E-state index is -0.463. The third kappa shape index (κ3) is 2.84. The molecule has 64 valence electrons. The van der Waals surface area contributed by atoms with Crippen LogP contribution in [0.1, 0.15) is 12.5 Å². The molecule has 0 heterocycles. The molecule has 1 aromatic carbocycles. The summed E-state index contributed by atoms with van der Waals surface area (Å²) in [7, 11) is 0. The van der Waals surface area contributed by atoms with E-state index in [2.05, 4.69) is 0 Å². The standard InChI is InChI=1S/C10H11FO/c1-8(12)2-3-9-4-6-10(11)7-5-9/h2-8,12H,1H3/b3-2+/t8-/m1/s1. The Morgan fingerprint density at radius 1 is 1.33 bits per heavy atom. The van der Waals surface area contributed by atoms with Crippen molar-refractivity contribution in [3.63, 3.8) is 0 Å². The highest BCUT2D eigenvalue weighted by molar-refractivity contribution is 5.49. The van der Waals surface area contributed by atoms with Gasteiger partial charge in [0.25, 0.3) is 0 Å². The molecule has 1 rings (SSSR count). The molecule has 0 saturated carbocycles. The Hall–Kier alpha value is -1.15. The summed E-state index contributed by atoms with van der Waals surface area (Å²) in [6.07, 6.45) is 2.94. The molecule has 12 heavy (non-hydrogen) atoms. The van der Waals surface area contributed by atoms with Crippen molar-refractivity contribution in [3.05, 3.63) is 41.7 Å². The van der Waals surface area contributed by atoms with Gasteiger partial charge in [-0.05, 0) is 24.6 Å². The van der Waals surface area contributed by atoms with Gasteiger partial charge in [-0.3, -0.25) is 0 Å². The number of aliphatic hydroxyl groups excluding tert-OH is 1. The number of hydrogen-bond acceptors (Lipinski definition) is 1. The van der Waals surface area contributed by atoms with Crippen molar-refractivity contribution in [2.75, 3.05) is 0 Å². The molecule has 1 N–H and O–H groups in total. The van der Waals surface area contributed by atoms with E-state index >= 15 is 0 Å². The van der Waals surface area contributed by atoms with Crippen LogP contribution in [0.3, 0.4) is 0 Å². The fourth-order valence-corrected chi connectivity index (χ4v) is 0.824. The first-order chi connectivity index (χ1) is 5.68. The summed E-state index contributed by atoms with van der Waals surface area (Å²) in [5, 5.41) is 8.91. The highest BCUT2D eigenvalue weighted by atomic mass is 19.1. The van der Waals surface area contributed by atoms with Gasteiger partial charge in [-0.1, -0.05) is 24.3 Å². The zero-order valence-electron chi connectivity index (χ0n) is 6.87. The van der Waals surface area contributed by atoms with Crippen LogP contribution in [-0.2, 0) is 0 Å². The summed E-state index contributed by atoms with van der Waals surface area (Å²) in [5.74, 6) is -0.246. The first-order valence-electron chi connectivity index (χ1n) is 3.80. The quantitative estimate of drug-likeness (QED) is 0.714. The Balaban J connectivity index is 2.71. The Morgan fingerprint density at radius 3 is 2.42 bits per heavy atom. The molecule has 1 nitrogen and oxygen atoms in total. The van der Waals surface area contributed by atoms with Gasteiger partial charge in [0.2, 0.25) is 0 Å². The average molecular weight is 166 g/mol. The maximum absolute atomic E-state index is 12.4. The first kappa shape index (κ1) is 8.94. The highest BCUT2D eigenvalue weighted by Crippen LogP contribution is 2.04. The Bertz CT molecular complexity index is 262. The largest absolute Gasteiger partial charge is 0.389 e. The van der Waals surface area contributed by atoms with Crippen molar-refractivity contribution < 1.29 is 9.50 Å². The average Bonchev–Trinajstić information content (AvgIpc) is 2.03. The second kappa shape index (κ2) is 4.02. The zero-order valence-corrected chi connectivity index (χ0v) is 6.87. The molecular formula is C10H11FO. The van der Waals surface area contributed by atoms with E-state index in [4.69, 9.17) is 5.11 Å².